The maximum atomic E-state index is 12.2. The predicted molar refractivity (Wildman–Crippen MR) is 65.5 cm³/mol. The number of nitrogens with two attached hydrogens (primary N) is 1. The van der Waals surface area contributed by atoms with Gasteiger partial charge in [0.2, 0.25) is 0 Å². The van der Waals surface area contributed by atoms with Crippen molar-refractivity contribution in [2.24, 2.45) is 0 Å². The number of aromatic amines is 1. The highest BCUT2D eigenvalue weighted by Gasteiger charge is 2.24. The number of hydrogen-bond donors (Lipinski definition) is 3. The van der Waals surface area contributed by atoms with E-state index in [1.807, 2.05) is 13.8 Å². The first kappa shape index (κ1) is 13.5. The third kappa shape index (κ3) is 2.97. The van der Waals surface area contributed by atoms with Gasteiger partial charge in [0.25, 0.3) is 5.91 Å². The number of aliphatic hydroxyl groups excluding tert-OH is 1. The Balaban J connectivity index is 2.91. The molecule has 0 radical (unpaired) electrons. The molecule has 6 heteroatoms. The van der Waals surface area contributed by atoms with Crippen LogP contribution in [-0.2, 0) is 0 Å². The highest BCUT2D eigenvalue weighted by atomic mass is 16.3. The molecule has 1 amide bonds. The summed E-state index contributed by atoms with van der Waals surface area (Å²) in [6, 6.07) is 0.109. The number of nitrogens with one attached hydrogen (secondary N) is 1. The van der Waals surface area contributed by atoms with Crippen LogP contribution in [0.1, 0.15) is 37.2 Å². The first-order valence-electron chi connectivity index (χ1n) is 5.86. The van der Waals surface area contributed by atoms with Crippen LogP contribution < -0.4 is 5.73 Å². The lowest BCUT2D eigenvalue weighted by atomic mass is 10.1. The summed E-state index contributed by atoms with van der Waals surface area (Å²) in [5.41, 5.74) is 6.29. The van der Waals surface area contributed by atoms with Crippen molar-refractivity contribution in [3.63, 3.8) is 0 Å². The number of amides is 1. The fraction of sp³-hybridized carbons (Fsp3) is 0.636. The van der Waals surface area contributed by atoms with Crippen molar-refractivity contribution in [3.8, 4) is 0 Å². The molecule has 0 unspecified atom stereocenters. The molecule has 0 aromatic carbocycles. The van der Waals surface area contributed by atoms with E-state index in [9.17, 15) is 4.79 Å². The molecule has 0 spiro atoms. The van der Waals surface area contributed by atoms with Crippen molar-refractivity contribution in [3.05, 3.63) is 11.9 Å². The molecule has 96 valence electrons. The van der Waals surface area contributed by atoms with Crippen LogP contribution >= 0.6 is 0 Å². The molecule has 1 heterocycles. The minimum atomic E-state index is -0.206. The fourth-order valence-corrected chi connectivity index (χ4v) is 1.90. The van der Waals surface area contributed by atoms with Crippen molar-refractivity contribution in [2.45, 2.75) is 32.7 Å². The zero-order chi connectivity index (χ0) is 12.8. The molecule has 1 aromatic rings. The van der Waals surface area contributed by atoms with E-state index in [1.165, 1.54) is 6.20 Å². The van der Waals surface area contributed by atoms with Crippen LogP contribution in [0.5, 0.6) is 0 Å². The highest BCUT2D eigenvalue weighted by molar-refractivity contribution is 5.97. The Labute approximate surface area is 101 Å². The Morgan fingerprint density at radius 1 is 1.59 bits per heavy atom. The second-order valence-corrected chi connectivity index (χ2v) is 3.89. The van der Waals surface area contributed by atoms with Gasteiger partial charge in [-0.1, -0.05) is 13.8 Å². The lowest BCUT2D eigenvalue weighted by Gasteiger charge is -2.29. The van der Waals surface area contributed by atoms with Crippen molar-refractivity contribution in [1.29, 1.82) is 0 Å². The van der Waals surface area contributed by atoms with E-state index in [0.717, 1.165) is 12.8 Å². The van der Waals surface area contributed by atoms with E-state index in [1.54, 1.807) is 4.90 Å². The molecule has 0 saturated carbocycles. The van der Waals surface area contributed by atoms with Crippen LogP contribution in [0.15, 0.2) is 6.20 Å². The standard InChI is InChI=1S/C11H20N4O2/c1-3-8(4-2)15(5-6-16)11(17)10-9(12)7-13-14-10/h7-8,16H,3-6,12H2,1-2H3,(H,13,14). The van der Waals surface area contributed by atoms with Gasteiger partial charge in [0.1, 0.15) is 5.69 Å². The van der Waals surface area contributed by atoms with Crippen molar-refractivity contribution in [2.75, 3.05) is 18.9 Å². The van der Waals surface area contributed by atoms with Crippen LogP contribution in [-0.4, -0.2) is 45.3 Å². The molecule has 1 aromatic heterocycles. The second kappa shape index (κ2) is 6.24. The maximum Gasteiger partial charge on any atom is 0.274 e. The van der Waals surface area contributed by atoms with E-state index >= 15 is 0 Å². The van der Waals surface area contributed by atoms with Gasteiger partial charge >= 0.3 is 0 Å². The highest BCUT2D eigenvalue weighted by Crippen LogP contribution is 2.15. The van der Waals surface area contributed by atoms with Gasteiger partial charge in [0.15, 0.2) is 0 Å². The summed E-state index contributed by atoms with van der Waals surface area (Å²) in [6.07, 6.45) is 3.10. The fourth-order valence-electron chi connectivity index (χ4n) is 1.90. The Morgan fingerprint density at radius 2 is 2.24 bits per heavy atom. The molecular weight excluding hydrogens is 220 g/mol. The van der Waals surface area contributed by atoms with Gasteiger partial charge in [0.05, 0.1) is 18.5 Å². The number of rotatable bonds is 6. The van der Waals surface area contributed by atoms with Crippen molar-refractivity contribution >= 4 is 11.6 Å². The lowest BCUT2D eigenvalue weighted by Crippen LogP contribution is -2.42. The zero-order valence-electron chi connectivity index (χ0n) is 10.3. The molecular formula is C11H20N4O2. The van der Waals surface area contributed by atoms with Gasteiger partial charge in [-0.3, -0.25) is 9.89 Å². The summed E-state index contributed by atoms with van der Waals surface area (Å²) in [6.45, 7) is 4.28. The number of nitrogens with zero attached hydrogens (tertiary/aromatic N) is 2. The second-order valence-electron chi connectivity index (χ2n) is 3.89. The number of anilines is 1. The summed E-state index contributed by atoms with van der Waals surface area (Å²) < 4.78 is 0. The smallest absolute Gasteiger partial charge is 0.274 e. The topological polar surface area (TPSA) is 95.2 Å². The summed E-state index contributed by atoms with van der Waals surface area (Å²) in [5, 5.41) is 15.4. The average molecular weight is 240 g/mol. The molecule has 4 N–H and O–H groups in total. The molecule has 17 heavy (non-hydrogen) atoms. The number of nitrogen functional groups attached to an aromatic ring is 1. The van der Waals surface area contributed by atoms with E-state index < -0.39 is 0 Å². The Morgan fingerprint density at radius 3 is 2.65 bits per heavy atom. The van der Waals surface area contributed by atoms with E-state index in [0.29, 0.717) is 17.9 Å². The summed E-state index contributed by atoms with van der Waals surface area (Å²) in [5.74, 6) is -0.206. The van der Waals surface area contributed by atoms with Crippen LogP contribution in [0.25, 0.3) is 0 Å². The Hall–Kier alpha value is -1.56. The van der Waals surface area contributed by atoms with Gasteiger partial charge in [-0.05, 0) is 12.8 Å². The molecule has 0 aliphatic rings. The number of H-pyrrole nitrogens is 1. The summed E-state index contributed by atoms with van der Waals surface area (Å²) in [4.78, 5) is 13.9. The van der Waals surface area contributed by atoms with E-state index in [4.69, 9.17) is 10.8 Å². The van der Waals surface area contributed by atoms with Gasteiger partial charge in [-0.2, -0.15) is 5.10 Å². The molecule has 6 nitrogen and oxygen atoms in total. The quantitative estimate of drug-likeness (QED) is 0.679. The molecule has 0 bridgehead atoms. The van der Waals surface area contributed by atoms with Crippen LogP contribution in [0, 0.1) is 0 Å². The first-order chi connectivity index (χ1) is 8.15. The lowest BCUT2D eigenvalue weighted by molar-refractivity contribution is 0.0617. The third-order valence-electron chi connectivity index (χ3n) is 2.87. The van der Waals surface area contributed by atoms with Gasteiger partial charge in [0, 0.05) is 12.6 Å². The number of carbonyl (C=O) groups is 1. The van der Waals surface area contributed by atoms with Gasteiger partial charge in [-0.25, -0.2) is 0 Å². The number of carbonyl (C=O) groups excluding carboxylic acids is 1. The number of aliphatic hydroxyl groups is 1. The van der Waals surface area contributed by atoms with Crippen LogP contribution in [0.3, 0.4) is 0 Å². The maximum absolute atomic E-state index is 12.2. The molecule has 1 rings (SSSR count). The largest absolute Gasteiger partial charge is 0.396 e. The average Bonchev–Trinajstić information content (AvgIpc) is 2.75. The van der Waals surface area contributed by atoms with E-state index in [2.05, 4.69) is 10.2 Å². The van der Waals surface area contributed by atoms with Crippen molar-refractivity contribution < 1.29 is 9.90 Å². The minimum Gasteiger partial charge on any atom is -0.396 e. The van der Waals surface area contributed by atoms with E-state index in [-0.39, 0.29) is 18.6 Å². The van der Waals surface area contributed by atoms with Gasteiger partial charge in [-0.15, -0.1) is 0 Å². The Kier molecular flexibility index (Phi) is 4.96. The Bertz CT molecular complexity index is 360. The monoisotopic (exact) mass is 240 g/mol. The van der Waals surface area contributed by atoms with Crippen molar-refractivity contribution in [1.82, 2.24) is 15.1 Å². The normalized spacial score (nSPS) is 10.8. The van der Waals surface area contributed by atoms with Crippen LogP contribution in [0.2, 0.25) is 0 Å². The van der Waals surface area contributed by atoms with Crippen LogP contribution in [0.4, 0.5) is 5.69 Å². The molecule has 0 saturated heterocycles. The summed E-state index contributed by atoms with van der Waals surface area (Å²) in [7, 11) is 0. The molecule has 0 aliphatic carbocycles. The molecule has 0 fully saturated rings. The summed E-state index contributed by atoms with van der Waals surface area (Å²) >= 11 is 0. The van der Waals surface area contributed by atoms with Gasteiger partial charge < -0.3 is 15.7 Å². The predicted octanol–water partition coefficient (Wildman–Crippen LogP) is 0.615. The minimum absolute atomic E-state index is 0.0592. The third-order valence-corrected chi connectivity index (χ3v) is 2.87. The zero-order valence-corrected chi connectivity index (χ0v) is 10.3. The number of aromatic nitrogens is 2. The molecule has 0 atom stereocenters. The first-order valence-corrected chi connectivity index (χ1v) is 5.86. The SMILES string of the molecule is CCC(CC)N(CCO)C(=O)c1[nH]ncc1N. The molecule has 0 aliphatic heterocycles. The number of hydrogen-bond acceptors (Lipinski definition) is 4.